The van der Waals surface area contributed by atoms with Crippen molar-refractivity contribution in [3.05, 3.63) is 141 Å². The third-order valence-electron chi connectivity index (χ3n) is 11.7. The molecule has 6 heterocycles. The molecule has 4 aliphatic heterocycles. The molecule has 0 bridgehead atoms. The van der Waals surface area contributed by atoms with Gasteiger partial charge in [-0.1, -0.05) is 54.3 Å². The molecule has 3 aromatic carbocycles. The Balaban J connectivity index is 0.762. The topological polar surface area (TPSA) is 220 Å². The fourth-order valence-electron chi connectivity index (χ4n) is 8.40. The van der Waals surface area contributed by atoms with Crippen LogP contribution in [-0.2, 0) is 25.7 Å². The molecule has 5 aromatic rings. The third kappa shape index (κ3) is 8.69. The maximum atomic E-state index is 13.8. The van der Waals surface area contributed by atoms with E-state index in [2.05, 4.69) is 43.1 Å². The lowest BCUT2D eigenvalue weighted by molar-refractivity contribution is -0.136. The molecule has 0 aliphatic carbocycles. The van der Waals surface area contributed by atoms with Crippen molar-refractivity contribution in [3.63, 3.8) is 0 Å². The first-order valence-corrected chi connectivity index (χ1v) is 21.7. The van der Waals surface area contributed by atoms with E-state index in [4.69, 9.17) is 0 Å². The van der Waals surface area contributed by atoms with Crippen LogP contribution in [0.1, 0.15) is 95.5 Å². The molecular formula is C47H39N9O8S. The van der Waals surface area contributed by atoms with Gasteiger partial charge in [-0.25, -0.2) is 9.97 Å². The maximum absolute atomic E-state index is 13.8. The minimum atomic E-state index is -1.10. The van der Waals surface area contributed by atoms with E-state index in [0.29, 0.717) is 53.3 Å². The summed E-state index contributed by atoms with van der Waals surface area (Å²) in [4.78, 5) is 117. The number of piperidine rings is 2. The summed E-state index contributed by atoms with van der Waals surface area (Å²) < 4.78 is 0. The van der Waals surface area contributed by atoms with Crippen molar-refractivity contribution >= 4 is 69.4 Å². The number of thiazole rings is 1. The number of carbonyl (C=O) groups is 8. The van der Waals surface area contributed by atoms with Crippen molar-refractivity contribution in [2.24, 2.45) is 0 Å². The molecule has 326 valence electrons. The Hall–Kier alpha value is -8.04. The molecule has 0 spiro atoms. The van der Waals surface area contributed by atoms with Crippen LogP contribution in [-0.4, -0.2) is 104 Å². The molecule has 65 heavy (non-hydrogen) atoms. The molecule has 2 saturated heterocycles. The van der Waals surface area contributed by atoms with Crippen molar-refractivity contribution in [1.29, 1.82) is 0 Å². The van der Waals surface area contributed by atoms with E-state index < -0.39 is 35.7 Å². The summed E-state index contributed by atoms with van der Waals surface area (Å²) in [6, 6.07) is 20.3. The summed E-state index contributed by atoms with van der Waals surface area (Å²) in [6.07, 6.45) is 4.15. The monoisotopic (exact) mass is 889 g/mol. The summed E-state index contributed by atoms with van der Waals surface area (Å²) in [7, 11) is 0. The van der Waals surface area contributed by atoms with Crippen molar-refractivity contribution in [3.8, 4) is 11.8 Å². The number of rotatable bonds is 10. The molecule has 4 N–H and O–H groups in total. The van der Waals surface area contributed by atoms with Crippen LogP contribution >= 0.6 is 11.3 Å². The molecule has 2 atom stereocenters. The van der Waals surface area contributed by atoms with E-state index in [-0.39, 0.29) is 78.1 Å². The van der Waals surface area contributed by atoms with Crippen LogP contribution in [0, 0.1) is 11.8 Å². The fraction of sp³-hybridized carbons (Fsp3) is 0.234. The molecule has 2 fully saturated rings. The number of likely N-dealkylation sites (tertiary alicyclic amines) is 1. The quantitative estimate of drug-likeness (QED) is 0.117. The van der Waals surface area contributed by atoms with Gasteiger partial charge in [0.25, 0.3) is 29.5 Å². The van der Waals surface area contributed by atoms with Crippen LogP contribution in [0.5, 0.6) is 0 Å². The number of amides is 8. The zero-order valence-corrected chi connectivity index (χ0v) is 35.4. The third-order valence-corrected chi connectivity index (χ3v) is 12.4. The zero-order valence-electron chi connectivity index (χ0n) is 34.5. The van der Waals surface area contributed by atoms with Crippen molar-refractivity contribution in [2.45, 2.75) is 50.4 Å². The van der Waals surface area contributed by atoms with Gasteiger partial charge in [-0.2, -0.15) is 0 Å². The van der Waals surface area contributed by atoms with Crippen LogP contribution in [0.15, 0.2) is 96.6 Å². The van der Waals surface area contributed by atoms with E-state index in [9.17, 15) is 38.4 Å². The maximum Gasteiger partial charge on any atom is 0.270 e. The van der Waals surface area contributed by atoms with Crippen LogP contribution in [0.4, 0.5) is 10.8 Å². The number of benzene rings is 3. The van der Waals surface area contributed by atoms with Crippen molar-refractivity contribution in [2.75, 3.05) is 30.3 Å². The molecule has 4 aliphatic rings. The Bertz CT molecular complexity index is 2830. The highest BCUT2D eigenvalue weighted by Crippen LogP contribution is 2.34. The summed E-state index contributed by atoms with van der Waals surface area (Å²) in [5.41, 5.74) is 3.73. The summed E-state index contributed by atoms with van der Waals surface area (Å²) in [6.45, 7) is 0.851. The average Bonchev–Trinajstić information content (AvgIpc) is 4.02. The molecule has 17 nitrogen and oxygen atoms in total. The highest BCUT2D eigenvalue weighted by Gasteiger charge is 2.46. The number of anilines is 2. The first kappa shape index (κ1) is 42.3. The normalized spacial score (nSPS) is 17.4. The second-order valence-corrected chi connectivity index (χ2v) is 16.7. The van der Waals surface area contributed by atoms with Gasteiger partial charge in [-0.05, 0) is 66.8 Å². The van der Waals surface area contributed by atoms with Gasteiger partial charge in [0.2, 0.25) is 17.7 Å². The van der Waals surface area contributed by atoms with Gasteiger partial charge in [-0.15, -0.1) is 11.3 Å². The minimum absolute atomic E-state index is 0.00639. The number of fused-ring (bicyclic) bond motifs is 2. The van der Waals surface area contributed by atoms with Gasteiger partial charge in [-0.3, -0.25) is 53.9 Å². The smallest absolute Gasteiger partial charge is 0.270 e. The molecule has 9 rings (SSSR count). The van der Waals surface area contributed by atoms with Gasteiger partial charge in [0, 0.05) is 72.2 Å². The predicted molar refractivity (Wildman–Crippen MR) is 235 cm³/mol. The molecule has 18 heteroatoms. The molecular weight excluding hydrogens is 851 g/mol. The number of carbonyl (C=O) groups excluding carboxylic acids is 8. The van der Waals surface area contributed by atoms with Gasteiger partial charge in [0.1, 0.15) is 17.8 Å². The highest BCUT2D eigenvalue weighted by molar-refractivity contribution is 7.13. The summed E-state index contributed by atoms with van der Waals surface area (Å²) in [5.74, 6) is 2.41. The lowest BCUT2D eigenvalue weighted by Crippen LogP contribution is -2.54. The van der Waals surface area contributed by atoms with Gasteiger partial charge >= 0.3 is 0 Å². The van der Waals surface area contributed by atoms with Gasteiger partial charge in [0.05, 0.1) is 17.7 Å². The first-order valence-electron chi connectivity index (χ1n) is 20.9. The van der Waals surface area contributed by atoms with E-state index in [1.165, 1.54) is 23.6 Å². The molecule has 2 unspecified atom stereocenters. The highest BCUT2D eigenvalue weighted by atomic mass is 32.1. The predicted octanol–water partition coefficient (Wildman–Crippen LogP) is 3.51. The number of nitrogens with one attached hydrogen (secondary N) is 4. The van der Waals surface area contributed by atoms with Crippen LogP contribution < -0.4 is 21.3 Å². The number of imide groups is 2. The molecule has 8 amide bonds. The zero-order chi connectivity index (χ0) is 45.2. The summed E-state index contributed by atoms with van der Waals surface area (Å²) in [5, 5.41) is 13.2. The number of nitrogens with zero attached hydrogens (tertiary/aromatic N) is 5. The first-order chi connectivity index (χ1) is 31.5. The van der Waals surface area contributed by atoms with Gasteiger partial charge in [0.15, 0.2) is 5.13 Å². The number of hydrogen-bond acceptors (Lipinski definition) is 12. The lowest BCUT2D eigenvalue weighted by Gasteiger charge is -2.32. The van der Waals surface area contributed by atoms with Crippen LogP contribution in [0.2, 0.25) is 0 Å². The Morgan fingerprint density at radius 1 is 0.831 bits per heavy atom. The molecule has 2 aromatic heterocycles. The largest absolute Gasteiger partial charge is 0.375 e. The van der Waals surface area contributed by atoms with Gasteiger partial charge < -0.3 is 20.4 Å². The Morgan fingerprint density at radius 2 is 1.62 bits per heavy atom. The van der Waals surface area contributed by atoms with Crippen molar-refractivity contribution < 1.29 is 38.4 Å². The standard InChI is InChI=1S/C47H39N9O8S/c57-37-16-15-36(42(60)52-37)56-45(63)32-7-4-8-34(39(32)46(56)64)50-25-38(58)54-20-17-31(18-21-54)51-41(59)35-14-12-28(24-49-35)10-9-27-11-13-30-26-55(44(62)33(30)23-27)40(29-5-2-1-3-6-29)43(61)53-47-48-19-22-65-47/h1-8,11-14,19,22-24,31,36,40,50H,15-18,20-21,25-26H2,(H,51,59)(H,48,53,61)(H,52,57,60). The summed E-state index contributed by atoms with van der Waals surface area (Å²) >= 11 is 1.29. The van der Waals surface area contributed by atoms with E-state index in [0.717, 1.165) is 10.5 Å². The average molecular weight is 890 g/mol. The SMILES string of the molecule is O=C1CCC(N2C(=O)c3cccc(NCC(=O)N4CCC(NC(=O)c5ccc(C#Cc6ccc7c(c6)C(=O)N(C(C(=O)Nc6nccs6)c6ccccc6)C7)cn5)CC4)c3C2=O)C(=O)N1. The molecule has 0 saturated carbocycles. The lowest BCUT2D eigenvalue weighted by atomic mass is 10.0. The van der Waals surface area contributed by atoms with Crippen LogP contribution in [0.3, 0.4) is 0 Å². The Labute approximate surface area is 375 Å². The number of hydrogen-bond donors (Lipinski definition) is 4. The Morgan fingerprint density at radius 3 is 2.35 bits per heavy atom. The second kappa shape index (κ2) is 18.0. The van der Waals surface area contributed by atoms with E-state index in [1.807, 2.05) is 42.5 Å². The fourth-order valence-corrected chi connectivity index (χ4v) is 8.93. The van der Waals surface area contributed by atoms with Crippen molar-refractivity contribution in [1.82, 2.24) is 35.3 Å². The molecule has 0 radical (unpaired) electrons. The number of aromatic nitrogens is 2. The Kier molecular flexibility index (Phi) is 11.7. The second-order valence-electron chi connectivity index (χ2n) is 15.8. The van der Waals surface area contributed by atoms with E-state index in [1.54, 1.807) is 51.7 Å². The number of pyridine rings is 1. The van der Waals surface area contributed by atoms with E-state index >= 15 is 0 Å². The minimum Gasteiger partial charge on any atom is -0.375 e. The van der Waals surface area contributed by atoms with Crippen LogP contribution in [0.25, 0.3) is 0 Å².